The van der Waals surface area contributed by atoms with Crippen LogP contribution in [0.1, 0.15) is 25.0 Å². The van der Waals surface area contributed by atoms with Crippen molar-refractivity contribution < 1.29 is 0 Å². The van der Waals surface area contributed by atoms with Crippen LogP contribution in [0.15, 0.2) is 133 Å². The molecule has 0 atom stereocenters. The molecule has 0 aliphatic heterocycles. The highest BCUT2D eigenvalue weighted by atomic mass is 15.0. The molecule has 5 aromatic carbocycles. The quantitative estimate of drug-likeness (QED) is 0.230. The zero-order valence-electron chi connectivity index (χ0n) is 22.6. The first kappa shape index (κ1) is 23.0. The van der Waals surface area contributed by atoms with E-state index in [-0.39, 0.29) is 5.41 Å². The van der Waals surface area contributed by atoms with Gasteiger partial charge in [-0.2, -0.15) is 0 Å². The SMILES string of the molecule is CC1(C)c2ccccc2-c2ccc3c(c21)c1ccc(-c2cccc(-c4ccccc4)n2)cc1n3-c1ccccc1. The van der Waals surface area contributed by atoms with Gasteiger partial charge in [-0.15, -0.1) is 0 Å². The van der Waals surface area contributed by atoms with Gasteiger partial charge in [0.15, 0.2) is 0 Å². The molecule has 0 unspecified atom stereocenters. The topological polar surface area (TPSA) is 17.8 Å². The first-order valence-corrected chi connectivity index (χ1v) is 13.9. The standard InChI is InChI=1S/C38H28N2/c1-38(2)31-17-10-9-16-28(31)29-22-23-34-36(37(29)38)30-21-20-26(24-35(30)40(34)27-14-7-4-8-15-27)33-19-11-18-32(39-33)25-12-5-3-6-13-25/h3-24H,1-2H3. The molecule has 0 saturated heterocycles. The average Bonchev–Trinajstić information content (AvgIpc) is 3.46. The molecule has 2 heterocycles. The summed E-state index contributed by atoms with van der Waals surface area (Å²) in [5.41, 5.74) is 13.2. The van der Waals surface area contributed by atoms with Crippen LogP contribution < -0.4 is 0 Å². The van der Waals surface area contributed by atoms with Crippen LogP contribution in [0.4, 0.5) is 0 Å². The van der Waals surface area contributed by atoms with Crippen molar-refractivity contribution in [2.75, 3.05) is 0 Å². The second-order valence-corrected chi connectivity index (χ2v) is 11.2. The van der Waals surface area contributed by atoms with Crippen molar-refractivity contribution in [2.24, 2.45) is 0 Å². The van der Waals surface area contributed by atoms with Crippen molar-refractivity contribution in [1.82, 2.24) is 9.55 Å². The third-order valence-electron chi connectivity index (χ3n) is 8.58. The summed E-state index contributed by atoms with van der Waals surface area (Å²) in [5.74, 6) is 0. The lowest BCUT2D eigenvalue weighted by Crippen LogP contribution is -2.15. The molecule has 1 aliphatic carbocycles. The maximum absolute atomic E-state index is 5.08. The predicted molar refractivity (Wildman–Crippen MR) is 167 cm³/mol. The second-order valence-electron chi connectivity index (χ2n) is 11.2. The molecule has 1 aliphatic rings. The van der Waals surface area contributed by atoms with Gasteiger partial charge in [0.05, 0.1) is 22.4 Å². The monoisotopic (exact) mass is 512 g/mol. The Morgan fingerprint density at radius 3 is 2.05 bits per heavy atom. The molecule has 0 radical (unpaired) electrons. The minimum atomic E-state index is -0.0918. The number of rotatable bonds is 3. The van der Waals surface area contributed by atoms with E-state index in [9.17, 15) is 0 Å². The maximum atomic E-state index is 5.08. The highest BCUT2D eigenvalue weighted by Crippen LogP contribution is 2.53. The van der Waals surface area contributed by atoms with Gasteiger partial charge in [-0.3, -0.25) is 0 Å². The minimum Gasteiger partial charge on any atom is -0.309 e. The summed E-state index contributed by atoms with van der Waals surface area (Å²) in [7, 11) is 0. The number of fused-ring (bicyclic) bond motifs is 7. The van der Waals surface area contributed by atoms with Crippen molar-refractivity contribution in [3.05, 3.63) is 145 Å². The second kappa shape index (κ2) is 8.53. The largest absolute Gasteiger partial charge is 0.309 e. The third kappa shape index (κ3) is 3.26. The van der Waals surface area contributed by atoms with E-state index < -0.39 is 0 Å². The first-order valence-electron chi connectivity index (χ1n) is 13.9. The number of para-hydroxylation sites is 1. The van der Waals surface area contributed by atoms with Crippen LogP contribution in [0.25, 0.3) is 61.1 Å². The molecule has 190 valence electrons. The maximum Gasteiger partial charge on any atom is 0.0710 e. The summed E-state index contributed by atoms with van der Waals surface area (Å²) in [4.78, 5) is 5.08. The number of pyridine rings is 1. The Hall–Kier alpha value is -4.95. The van der Waals surface area contributed by atoms with Crippen molar-refractivity contribution in [3.63, 3.8) is 0 Å². The molecule has 2 aromatic heterocycles. The fourth-order valence-corrected chi connectivity index (χ4v) is 6.76. The van der Waals surface area contributed by atoms with Gasteiger partial charge in [0, 0.05) is 33.0 Å². The summed E-state index contributed by atoms with van der Waals surface area (Å²) in [6, 6.07) is 47.8. The third-order valence-corrected chi connectivity index (χ3v) is 8.58. The summed E-state index contributed by atoms with van der Waals surface area (Å²) in [6.07, 6.45) is 0. The first-order chi connectivity index (χ1) is 19.6. The average molecular weight is 513 g/mol. The number of hydrogen-bond acceptors (Lipinski definition) is 1. The molecule has 0 bridgehead atoms. The Balaban J connectivity index is 1.42. The number of hydrogen-bond donors (Lipinski definition) is 0. The van der Waals surface area contributed by atoms with Gasteiger partial charge in [-0.1, -0.05) is 111 Å². The van der Waals surface area contributed by atoms with Gasteiger partial charge in [0.25, 0.3) is 0 Å². The van der Waals surface area contributed by atoms with Crippen LogP contribution in [0.5, 0.6) is 0 Å². The Kier molecular flexibility index (Phi) is 4.90. The molecule has 0 fully saturated rings. The van der Waals surface area contributed by atoms with Gasteiger partial charge >= 0.3 is 0 Å². The molecule has 7 aromatic rings. The number of benzene rings is 5. The molecular weight excluding hydrogens is 484 g/mol. The summed E-state index contributed by atoms with van der Waals surface area (Å²) < 4.78 is 2.43. The Labute approximate surface area is 234 Å². The van der Waals surface area contributed by atoms with E-state index in [1.807, 2.05) is 6.07 Å². The molecule has 0 N–H and O–H groups in total. The Morgan fingerprint density at radius 2 is 1.25 bits per heavy atom. The molecule has 40 heavy (non-hydrogen) atoms. The molecule has 0 spiro atoms. The van der Waals surface area contributed by atoms with Gasteiger partial charge in [0.1, 0.15) is 0 Å². The predicted octanol–water partition coefficient (Wildman–Crippen LogP) is 9.82. The smallest absolute Gasteiger partial charge is 0.0710 e. The van der Waals surface area contributed by atoms with E-state index in [0.717, 1.165) is 22.5 Å². The van der Waals surface area contributed by atoms with Gasteiger partial charge in [-0.05, 0) is 58.7 Å². The molecular formula is C38H28N2. The van der Waals surface area contributed by atoms with Gasteiger partial charge in [-0.25, -0.2) is 4.98 Å². The highest BCUT2D eigenvalue weighted by molar-refractivity contribution is 6.15. The van der Waals surface area contributed by atoms with Crippen LogP contribution in [0, 0.1) is 0 Å². The lowest BCUT2D eigenvalue weighted by Gasteiger charge is -2.22. The molecule has 8 rings (SSSR count). The number of nitrogens with zero attached hydrogens (tertiary/aromatic N) is 2. The van der Waals surface area contributed by atoms with E-state index in [2.05, 4.69) is 146 Å². The summed E-state index contributed by atoms with van der Waals surface area (Å²) in [6.45, 7) is 4.74. The Morgan fingerprint density at radius 1 is 0.550 bits per heavy atom. The minimum absolute atomic E-state index is 0.0918. The lowest BCUT2D eigenvalue weighted by molar-refractivity contribution is 0.666. The van der Waals surface area contributed by atoms with Crippen molar-refractivity contribution in [3.8, 4) is 39.3 Å². The van der Waals surface area contributed by atoms with Crippen molar-refractivity contribution in [1.29, 1.82) is 0 Å². The van der Waals surface area contributed by atoms with Crippen LogP contribution >= 0.6 is 0 Å². The lowest BCUT2D eigenvalue weighted by atomic mass is 9.80. The Bertz CT molecular complexity index is 2060. The molecule has 2 nitrogen and oxygen atoms in total. The molecule has 2 heteroatoms. The van der Waals surface area contributed by atoms with E-state index in [4.69, 9.17) is 4.98 Å². The van der Waals surface area contributed by atoms with Crippen LogP contribution in [-0.4, -0.2) is 9.55 Å². The zero-order valence-corrected chi connectivity index (χ0v) is 22.6. The van der Waals surface area contributed by atoms with E-state index in [0.29, 0.717) is 0 Å². The molecule has 0 saturated carbocycles. The fourth-order valence-electron chi connectivity index (χ4n) is 6.76. The zero-order chi connectivity index (χ0) is 26.8. The van der Waals surface area contributed by atoms with Crippen LogP contribution in [0.2, 0.25) is 0 Å². The van der Waals surface area contributed by atoms with Crippen LogP contribution in [-0.2, 0) is 5.41 Å². The van der Waals surface area contributed by atoms with Crippen molar-refractivity contribution >= 4 is 21.8 Å². The van der Waals surface area contributed by atoms with Gasteiger partial charge < -0.3 is 4.57 Å². The van der Waals surface area contributed by atoms with Crippen LogP contribution in [0.3, 0.4) is 0 Å². The highest BCUT2D eigenvalue weighted by Gasteiger charge is 2.38. The van der Waals surface area contributed by atoms with E-state index in [1.165, 1.54) is 49.7 Å². The molecule has 0 amide bonds. The van der Waals surface area contributed by atoms with E-state index in [1.54, 1.807) is 0 Å². The number of aromatic nitrogens is 2. The fraction of sp³-hybridized carbons (Fsp3) is 0.0789. The van der Waals surface area contributed by atoms with Gasteiger partial charge in [0.2, 0.25) is 0 Å². The van der Waals surface area contributed by atoms with E-state index >= 15 is 0 Å². The normalized spacial score (nSPS) is 13.4. The van der Waals surface area contributed by atoms with Crippen molar-refractivity contribution in [2.45, 2.75) is 19.3 Å². The summed E-state index contributed by atoms with van der Waals surface area (Å²) in [5, 5.41) is 2.62. The summed E-state index contributed by atoms with van der Waals surface area (Å²) >= 11 is 0.